The Morgan fingerprint density at radius 3 is 2.15 bits per heavy atom. The summed E-state index contributed by atoms with van der Waals surface area (Å²) >= 11 is 0. The molecule has 0 aliphatic carbocycles. The summed E-state index contributed by atoms with van der Waals surface area (Å²) in [7, 11) is -3.14. The highest BCUT2D eigenvalue weighted by atomic mass is 32.2. The van der Waals surface area contributed by atoms with Crippen molar-refractivity contribution in [3.63, 3.8) is 0 Å². The largest absolute Gasteiger partial charge is 0.300 e. The molecular weight excluding hydrogens is 342 g/mol. The van der Waals surface area contributed by atoms with E-state index in [0.717, 1.165) is 30.1 Å². The lowest BCUT2D eigenvalue weighted by Crippen LogP contribution is -2.28. The third kappa shape index (κ3) is 4.54. The molecule has 0 N–H and O–H groups in total. The Morgan fingerprint density at radius 1 is 1.00 bits per heavy atom. The van der Waals surface area contributed by atoms with Gasteiger partial charge in [0.25, 0.3) is 0 Å². The maximum absolute atomic E-state index is 12.1. The Morgan fingerprint density at radius 2 is 1.62 bits per heavy atom. The molecule has 0 aromatic heterocycles. The van der Waals surface area contributed by atoms with Crippen LogP contribution in [0.4, 0.5) is 0 Å². The van der Waals surface area contributed by atoms with Crippen LogP contribution in [0.5, 0.6) is 0 Å². The maximum Gasteiger partial charge on any atom is 0.178 e. The fourth-order valence-corrected chi connectivity index (χ4v) is 5.03. The lowest BCUT2D eigenvalue weighted by atomic mass is 10.0. The van der Waals surface area contributed by atoms with Crippen LogP contribution < -0.4 is 0 Å². The van der Waals surface area contributed by atoms with Gasteiger partial charge in [-0.25, -0.2) is 8.42 Å². The molecule has 3 nitrogen and oxygen atoms in total. The molecule has 1 aliphatic heterocycles. The van der Waals surface area contributed by atoms with Crippen LogP contribution in [0.1, 0.15) is 38.7 Å². The lowest BCUT2D eigenvalue weighted by molar-refractivity contribution is 0.272. The first-order valence-electron chi connectivity index (χ1n) is 9.66. The van der Waals surface area contributed by atoms with Gasteiger partial charge in [-0.2, -0.15) is 0 Å². The zero-order chi connectivity index (χ0) is 18.6. The number of nitrogens with zero attached hydrogens (tertiary/aromatic N) is 1. The number of sulfone groups is 1. The summed E-state index contributed by atoms with van der Waals surface area (Å²) in [6.45, 7) is 6.56. The van der Waals surface area contributed by atoms with Gasteiger partial charge in [-0.1, -0.05) is 43.3 Å². The summed E-state index contributed by atoms with van der Waals surface area (Å²) in [5.41, 5.74) is 3.54. The minimum Gasteiger partial charge on any atom is -0.300 e. The first-order valence-corrected chi connectivity index (χ1v) is 11.3. The Balaban J connectivity index is 1.64. The molecule has 1 heterocycles. The summed E-state index contributed by atoms with van der Waals surface area (Å²) in [5, 5.41) is 0. The fraction of sp³-hybridized carbons (Fsp3) is 0.455. The molecule has 26 heavy (non-hydrogen) atoms. The van der Waals surface area contributed by atoms with Crippen LogP contribution in [0, 0.1) is 0 Å². The van der Waals surface area contributed by atoms with Gasteiger partial charge in [0.1, 0.15) is 0 Å². The van der Waals surface area contributed by atoms with Crippen molar-refractivity contribution < 1.29 is 8.42 Å². The molecule has 0 amide bonds. The average molecular weight is 372 g/mol. The number of benzene rings is 2. The molecule has 3 rings (SSSR count). The van der Waals surface area contributed by atoms with Crippen LogP contribution in [-0.2, 0) is 16.3 Å². The van der Waals surface area contributed by atoms with E-state index in [1.165, 1.54) is 24.9 Å². The average Bonchev–Trinajstić information content (AvgIpc) is 3.05. The standard InChI is InChI=1S/C22H29NO2S/c1-3-17-26(24,25)22-12-10-21(11-13-22)20-8-6-19(7-9-20)14-16-23-15-4-5-18(23)2/h6-13,18H,3-5,14-17H2,1-2H3/t18-/m1/s1. The van der Waals surface area contributed by atoms with Crippen molar-refractivity contribution in [3.05, 3.63) is 54.1 Å². The van der Waals surface area contributed by atoms with Crippen LogP contribution in [-0.4, -0.2) is 38.2 Å². The van der Waals surface area contributed by atoms with E-state index >= 15 is 0 Å². The van der Waals surface area contributed by atoms with Crippen molar-refractivity contribution >= 4 is 9.84 Å². The van der Waals surface area contributed by atoms with Crippen molar-refractivity contribution in [3.8, 4) is 11.1 Å². The molecule has 2 aromatic carbocycles. The monoisotopic (exact) mass is 371 g/mol. The summed E-state index contributed by atoms with van der Waals surface area (Å²) < 4.78 is 24.2. The molecule has 0 saturated carbocycles. The summed E-state index contributed by atoms with van der Waals surface area (Å²) in [6, 6.07) is 16.6. The second-order valence-corrected chi connectivity index (χ2v) is 9.43. The van der Waals surface area contributed by atoms with Gasteiger partial charge in [-0.05, 0) is 68.0 Å². The normalized spacial score (nSPS) is 18.3. The second-order valence-electron chi connectivity index (χ2n) is 7.32. The SMILES string of the molecule is CCCS(=O)(=O)c1ccc(-c2ccc(CCN3CCC[C@H]3C)cc2)cc1. The highest BCUT2D eigenvalue weighted by molar-refractivity contribution is 7.91. The minimum atomic E-state index is -3.14. The van der Waals surface area contributed by atoms with Gasteiger partial charge in [0, 0.05) is 12.6 Å². The van der Waals surface area contributed by atoms with E-state index < -0.39 is 9.84 Å². The number of likely N-dealkylation sites (tertiary alicyclic amines) is 1. The Hall–Kier alpha value is -1.65. The number of hydrogen-bond donors (Lipinski definition) is 0. The third-order valence-electron chi connectivity index (χ3n) is 5.35. The van der Waals surface area contributed by atoms with E-state index in [4.69, 9.17) is 0 Å². The van der Waals surface area contributed by atoms with Gasteiger partial charge in [0.2, 0.25) is 0 Å². The van der Waals surface area contributed by atoms with Gasteiger partial charge in [-0.3, -0.25) is 0 Å². The van der Waals surface area contributed by atoms with Gasteiger partial charge in [0.15, 0.2) is 9.84 Å². The van der Waals surface area contributed by atoms with E-state index in [2.05, 4.69) is 36.1 Å². The predicted octanol–water partition coefficient (Wildman–Crippen LogP) is 4.56. The highest BCUT2D eigenvalue weighted by Crippen LogP contribution is 2.23. The van der Waals surface area contributed by atoms with Crippen LogP contribution in [0.15, 0.2) is 53.4 Å². The van der Waals surface area contributed by atoms with E-state index in [9.17, 15) is 8.42 Å². The van der Waals surface area contributed by atoms with Crippen LogP contribution >= 0.6 is 0 Å². The Bertz CT molecular complexity index is 810. The molecule has 1 atom stereocenters. The summed E-state index contributed by atoms with van der Waals surface area (Å²) in [5.74, 6) is 0.205. The summed E-state index contributed by atoms with van der Waals surface area (Å²) in [4.78, 5) is 2.99. The van der Waals surface area contributed by atoms with Crippen LogP contribution in [0.2, 0.25) is 0 Å². The van der Waals surface area contributed by atoms with E-state index in [0.29, 0.717) is 11.3 Å². The van der Waals surface area contributed by atoms with Gasteiger partial charge < -0.3 is 4.90 Å². The first kappa shape index (κ1) is 19.1. The Labute approximate surface area is 158 Å². The maximum atomic E-state index is 12.1. The van der Waals surface area contributed by atoms with Crippen molar-refractivity contribution in [2.75, 3.05) is 18.8 Å². The van der Waals surface area contributed by atoms with Crippen LogP contribution in [0.3, 0.4) is 0 Å². The predicted molar refractivity (Wildman–Crippen MR) is 108 cm³/mol. The zero-order valence-electron chi connectivity index (χ0n) is 15.8. The van der Waals surface area contributed by atoms with E-state index in [-0.39, 0.29) is 5.75 Å². The number of hydrogen-bond acceptors (Lipinski definition) is 3. The number of rotatable bonds is 7. The minimum absolute atomic E-state index is 0.205. The summed E-state index contributed by atoms with van der Waals surface area (Å²) in [6.07, 6.45) is 4.37. The van der Waals surface area contributed by atoms with E-state index in [1.54, 1.807) is 12.1 Å². The van der Waals surface area contributed by atoms with Crippen molar-refractivity contribution in [1.29, 1.82) is 0 Å². The first-order chi connectivity index (χ1) is 12.5. The van der Waals surface area contributed by atoms with Crippen molar-refractivity contribution in [2.45, 2.75) is 50.5 Å². The molecular formula is C22H29NO2S. The molecule has 0 radical (unpaired) electrons. The molecule has 0 bridgehead atoms. The third-order valence-corrected chi connectivity index (χ3v) is 7.29. The molecule has 2 aromatic rings. The quantitative estimate of drug-likeness (QED) is 0.716. The van der Waals surface area contributed by atoms with Crippen molar-refractivity contribution in [2.24, 2.45) is 0 Å². The molecule has 1 fully saturated rings. The van der Waals surface area contributed by atoms with Crippen molar-refractivity contribution in [1.82, 2.24) is 4.90 Å². The van der Waals surface area contributed by atoms with Gasteiger partial charge in [0.05, 0.1) is 10.6 Å². The molecule has 0 unspecified atom stereocenters. The van der Waals surface area contributed by atoms with Gasteiger partial charge in [-0.15, -0.1) is 0 Å². The molecule has 1 saturated heterocycles. The van der Waals surface area contributed by atoms with Crippen LogP contribution in [0.25, 0.3) is 11.1 Å². The second kappa shape index (κ2) is 8.36. The Kier molecular flexibility index (Phi) is 6.15. The highest BCUT2D eigenvalue weighted by Gasteiger charge is 2.19. The molecule has 140 valence electrons. The van der Waals surface area contributed by atoms with E-state index in [1.807, 2.05) is 19.1 Å². The fourth-order valence-electron chi connectivity index (χ4n) is 3.70. The molecule has 0 spiro atoms. The molecule has 1 aliphatic rings. The topological polar surface area (TPSA) is 37.4 Å². The zero-order valence-corrected chi connectivity index (χ0v) is 16.6. The lowest BCUT2D eigenvalue weighted by Gasteiger charge is -2.20. The van der Waals surface area contributed by atoms with Gasteiger partial charge >= 0.3 is 0 Å². The smallest absolute Gasteiger partial charge is 0.178 e. The molecule has 4 heteroatoms.